The molecule has 0 radical (unpaired) electrons. The Bertz CT molecular complexity index is 324. The summed E-state index contributed by atoms with van der Waals surface area (Å²) in [6.07, 6.45) is 0.782. The van der Waals surface area contributed by atoms with Crippen LogP contribution in [0.5, 0.6) is 0 Å². The molecule has 5 heteroatoms. The van der Waals surface area contributed by atoms with Crippen molar-refractivity contribution in [2.45, 2.75) is 19.4 Å². The van der Waals surface area contributed by atoms with Crippen molar-refractivity contribution in [3.63, 3.8) is 0 Å². The topological polar surface area (TPSA) is 51.5 Å². The van der Waals surface area contributed by atoms with Gasteiger partial charge in [-0.1, -0.05) is 0 Å². The van der Waals surface area contributed by atoms with Crippen molar-refractivity contribution in [2.24, 2.45) is 0 Å². The van der Waals surface area contributed by atoms with Gasteiger partial charge in [-0.05, 0) is 41.4 Å². The summed E-state index contributed by atoms with van der Waals surface area (Å²) in [6, 6.07) is 3.39. The van der Waals surface area contributed by atoms with E-state index in [4.69, 9.17) is 9.15 Å². The fourth-order valence-corrected chi connectivity index (χ4v) is 1.40. The minimum absolute atomic E-state index is 0.0707. The Morgan fingerprint density at radius 3 is 2.93 bits per heavy atom. The lowest BCUT2D eigenvalue weighted by atomic mass is 10.2. The first-order valence-corrected chi connectivity index (χ1v) is 5.48. The van der Waals surface area contributed by atoms with Crippen molar-refractivity contribution < 1.29 is 13.9 Å². The van der Waals surface area contributed by atoms with Gasteiger partial charge in [0.1, 0.15) is 0 Å². The lowest BCUT2D eigenvalue weighted by molar-refractivity contribution is 0.0900. The van der Waals surface area contributed by atoms with Crippen molar-refractivity contribution in [3.05, 3.63) is 22.6 Å². The number of ether oxygens (including phenoxy) is 1. The van der Waals surface area contributed by atoms with Gasteiger partial charge < -0.3 is 14.5 Å². The molecule has 0 aliphatic carbocycles. The van der Waals surface area contributed by atoms with Crippen molar-refractivity contribution >= 4 is 21.8 Å². The highest BCUT2D eigenvalue weighted by Crippen LogP contribution is 2.13. The standard InChI is InChI=1S/C10H14BrNO3/c1-7(5-6-14-2)12-10(13)8-3-4-9(11)15-8/h3-4,7H,5-6H2,1-2H3,(H,12,13). The van der Waals surface area contributed by atoms with E-state index in [1.165, 1.54) is 0 Å². The lowest BCUT2D eigenvalue weighted by Gasteiger charge is -2.11. The summed E-state index contributed by atoms with van der Waals surface area (Å²) in [6.45, 7) is 2.55. The molecule has 0 saturated carbocycles. The number of rotatable bonds is 5. The molecular weight excluding hydrogens is 262 g/mol. The number of carbonyl (C=O) groups is 1. The van der Waals surface area contributed by atoms with Gasteiger partial charge in [-0.2, -0.15) is 0 Å². The Morgan fingerprint density at radius 2 is 2.40 bits per heavy atom. The van der Waals surface area contributed by atoms with E-state index in [1.54, 1.807) is 19.2 Å². The molecule has 0 saturated heterocycles. The number of hydrogen-bond donors (Lipinski definition) is 1. The molecule has 1 aromatic heterocycles. The van der Waals surface area contributed by atoms with Gasteiger partial charge in [-0.25, -0.2) is 0 Å². The van der Waals surface area contributed by atoms with Gasteiger partial charge in [0.05, 0.1) is 0 Å². The number of furan rings is 1. The third-order valence-corrected chi connectivity index (χ3v) is 2.36. The molecule has 1 atom stereocenters. The summed E-state index contributed by atoms with van der Waals surface area (Å²) in [5.41, 5.74) is 0. The van der Waals surface area contributed by atoms with Crippen molar-refractivity contribution in [3.8, 4) is 0 Å². The first kappa shape index (κ1) is 12.3. The second-order valence-corrected chi connectivity index (χ2v) is 4.04. The Hall–Kier alpha value is -0.810. The normalized spacial score (nSPS) is 12.5. The Balaban J connectivity index is 2.42. The molecule has 0 aromatic carbocycles. The van der Waals surface area contributed by atoms with Crippen LogP contribution in [0, 0.1) is 0 Å². The minimum Gasteiger partial charge on any atom is -0.444 e. The predicted octanol–water partition coefficient (Wildman–Crippen LogP) is 2.20. The van der Waals surface area contributed by atoms with E-state index in [0.29, 0.717) is 17.0 Å². The predicted molar refractivity (Wildman–Crippen MR) is 59.8 cm³/mol. The van der Waals surface area contributed by atoms with Gasteiger partial charge in [-0.15, -0.1) is 0 Å². The minimum atomic E-state index is -0.204. The second-order valence-electron chi connectivity index (χ2n) is 3.26. The average molecular weight is 276 g/mol. The van der Waals surface area contributed by atoms with E-state index in [9.17, 15) is 4.79 Å². The summed E-state index contributed by atoms with van der Waals surface area (Å²) < 4.78 is 10.6. The van der Waals surface area contributed by atoms with Gasteiger partial charge in [0.15, 0.2) is 10.4 Å². The molecule has 1 heterocycles. The number of methoxy groups -OCH3 is 1. The monoisotopic (exact) mass is 275 g/mol. The quantitative estimate of drug-likeness (QED) is 0.896. The summed E-state index contributed by atoms with van der Waals surface area (Å²) in [4.78, 5) is 11.6. The highest BCUT2D eigenvalue weighted by atomic mass is 79.9. The molecule has 1 unspecified atom stereocenters. The van der Waals surface area contributed by atoms with E-state index >= 15 is 0 Å². The fraction of sp³-hybridized carbons (Fsp3) is 0.500. The van der Waals surface area contributed by atoms with Crippen LogP contribution in [0.2, 0.25) is 0 Å². The zero-order valence-electron chi connectivity index (χ0n) is 8.75. The van der Waals surface area contributed by atoms with Crippen molar-refractivity contribution in [1.29, 1.82) is 0 Å². The van der Waals surface area contributed by atoms with Crippen LogP contribution in [-0.4, -0.2) is 25.7 Å². The van der Waals surface area contributed by atoms with Crippen molar-refractivity contribution in [1.82, 2.24) is 5.32 Å². The third kappa shape index (κ3) is 4.05. The molecule has 15 heavy (non-hydrogen) atoms. The highest BCUT2D eigenvalue weighted by Gasteiger charge is 2.12. The average Bonchev–Trinajstić information content (AvgIpc) is 2.61. The number of amides is 1. The van der Waals surface area contributed by atoms with E-state index in [2.05, 4.69) is 21.2 Å². The molecule has 0 aliphatic heterocycles. The lowest BCUT2D eigenvalue weighted by Crippen LogP contribution is -2.33. The molecule has 1 aromatic rings. The third-order valence-electron chi connectivity index (χ3n) is 1.93. The maximum atomic E-state index is 11.6. The zero-order valence-corrected chi connectivity index (χ0v) is 10.3. The van der Waals surface area contributed by atoms with Crippen LogP contribution < -0.4 is 5.32 Å². The molecule has 4 nitrogen and oxygen atoms in total. The molecular formula is C10H14BrNO3. The zero-order chi connectivity index (χ0) is 11.3. The van der Waals surface area contributed by atoms with Gasteiger partial charge in [0, 0.05) is 19.8 Å². The smallest absolute Gasteiger partial charge is 0.287 e. The van der Waals surface area contributed by atoms with E-state index in [1.807, 2.05) is 6.92 Å². The SMILES string of the molecule is COCCC(C)NC(=O)c1ccc(Br)o1. The fourth-order valence-electron chi connectivity index (χ4n) is 1.10. The Labute approximate surface area is 97.1 Å². The molecule has 0 spiro atoms. The molecule has 1 amide bonds. The van der Waals surface area contributed by atoms with Crippen LogP contribution in [0.25, 0.3) is 0 Å². The Morgan fingerprint density at radius 1 is 1.67 bits per heavy atom. The number of nitrogens with one attached hydrogen (secondary N) is 1. The Kier molecular flexibility index (Phi) is 4.84. The maximum Gasteiger partial charge on any atom is 0.287 e. The first-order valence-electron chi connectivity index (χ1n) is 4.68. The van der Waals surface area contributed by atoms with Crippen LogP contribution in [0.1, 0.15) is 23.9 Å². The van der Waals surface area contributed by atoms with Gasteiger partial charge in [0.2, 0.25) is 0 Å². The molecule has 84 valence electrons. The van der Waals surface area contributed by atoms with Crippen LogP contribution in [0.15, 0.2) is 21.2 Å². The maximum absolute atomic E-state index is 11.6. The highest BCUT2D eigenvalue weighted by molar-refractivity contribution is 9.10. The number of carbonyl (C=O) groups excluding carboxylic acids is 1. The van der Waals surface area contributed by atoms with Crippen LogP contribution >= 0.6 is 15.9 Å². The molecule has 0 fully saturated rings. The van der Waals surface area contributed by atoms with Gasteiger partial charge in [0.25, 0.3) is 5.91 Å². The molecule has 1 rings (SSSR count). The van der Waals surface area contributed by atoms with Gasteiger partial charge >= 0.3 is 0 Å². The van der Waals surface area contributed by atoms with Crippen LogP contribution in [0.3, 0.4) is 0 Å². The van der Waals surface area contributed by atoms with Crippen molar-refractivity contribution in [2.75, 3.05) is 13.7 Å². The van der Waals surface area contributed by atoms with Crippen LogP contribution in [-0.2, 0) is 4.74 Å². The molecule has 1 N–H and O–H groups in total. The first-order chi connectivity index (χ1) is 7.13. The largest absolute Gasteiger partial charge is 0.444 e. The second kappa shape index (κ2) is 5.92. The summed E-state index contributed by atoms with van der Waals surface area (Å²) in [5.74, 6) is 0.107. The number of halogens is 1. The summed E-state index contributed by atoms with van der Waals surface area (Å²) >= 11 is 3.14. The molecule has 0 bridgehead atoms. The molecule has 0 aliphatic rings. The summed E-state index contributed by atoms with van der Waals surface area (Å²) in [7, 11) is 1.64. The van der Waals surface area contributed by atoms with E-state index < -0.39 is 0 Å². The van der Waals surface area contributed by atoms with Crippen LogP contribution in [0.4, 0.5) is 0 Å². The van der Waals surface area contributed by atoms with E-state index in [0.717, 1.165) is 6.42 Å². The van der Waals surface area contributed by atoms with Gasteiger partial charge in [-0.3, -0.25) is 4.79 Å². The summed E-state index contributed by atoms with van der Waals surface area (Å²) in [5, 5.41) is 2.81. The van der Waals surface area contributed by atoms with E-state index in [-0.39, 0.29) is 11.9 Å². The number of hydrogen-bond acceptors (Lipinski definition) is 3.